The summed E-state index contributed by atoms with van der Waals surface area (Å²) in [5.41, 5.74) is 1.87. The number of piperidine rings is 1. The van der Waals surface area contributed by atoms with Crippen molar-refractivity contribution in [2.45, 2.75) is 44.7 Å². The van der Waals surface area contributed by atoms with Gasteiger partial charge in [-0.15, -0.1) is 0 Å². The van der Waals surface area contributed by atoms with Gasteiger partial charge in [-0.1, -0.05) is 29.3 Å². The Morgan fingerprint density at radius 1 is 1.06 bits per heavy atom. The predicted octanol–water partition coefficient (Wildman–Crippen LogP) is 5.11. The van der Waals surface area contributed by atoms with Crippen LogP contribution in [-0.2, 0) is 25.7 Å². The van der Waals surface area contributed by atoms with Crippen LogP contribution in [-0.4, -0.2) is 44.2 Å². The molecule has 1 saturated heterocycles. The molecule has 0 bridgehead atoms. The largest absolute Gasteiger partial charge is 0.457 e. The van der Waals surface area contributed by atoms with Gasteiger partial charge in [-0.05, 0) is 62.9 Å². The molecule has 1 aliphatic rings. The Hall–Kier alpha value is -2.43. The zero-order valence-corrected chi connectivity index (χ0v) is 21.0. The molecule has 190 valence electrons. The van der Waals surface area contributed by atoms with E-state index < -0.39 is 50.2 Å². The number of esters is 1. The fraction of sp³-hybridized carbons (Fsp3) is 0.417. The summed E-state index contributed by atoms with van der Waals surface area (Å²) in [5, 5.41) is -0.594. The minimum absolute atomic E-state index is 0.0732. The fourth-order valence-electron chi connectivity index (χ4n) is 4.31. The van der Waals surface area contributed by atoms with Gasteiger partial charge < -0.3 is 4.74 Å². The summed E-state index contributed by atoms with van der Waals surface area (Å²) in [6.07, 6.45) is -4.56. The molecule has 0 radical (unpaired) electrons. The quantitative estimate of drug-likeness (QED) is 0.382. The van der Waals surface area contributed by atoms with Gasteiger partial charge in [-0.3, -0.25) is 9.59 Å². The maximum absolute atomic E-state index is 13.1. The van der Waals surface area contributed by atoms with Crippen LogP contribution in [0.2, 0.25) is 5.02 Å². The zero-order valence-electron chi connectivity index (χ0n) is 19.4. The highest BCUT2D eigenvalue weighted by Crippen LogP contribution is 2.37. The summed E-state index contributed by atoms with van der Waals surface area (Å²) in [7, 11) is -4.22. The summed E-state index contributed by atoms with van der Waals surface area (Å²) in [6.45, 7) is 4.97. The SMILES string of the molecule is Cc1cc(C)c(C(=O)COC(=O)C2CCN(S(=O)(=O)c3ccc(Cl)c(C(F)(F)F)c3)CC2)c(C)c1. The van der Waals surface area contributed by atoms with Crippen LogP contribution in [0.4, 0.5) is 13.2 Å². The maximum atomic E-state index is 13.1. The molecule has 0 N–H and O–H groups in total. The first kappa shape index (κ1) is 27.2. The molecule has 0 aliphatic carbocycles. The monoisotopic (exact) mass is 531 g/mol. The van der Waals surface area contributed by atoms with Gasteiger partial charge >= 0.3 is 12.1 Å². The average Bonchev–Trinajstić information content (AvgIpc) is 2.76. The molecule has 0 spiro atoms. The molecule has 1 heterocycles. The number of rotatable bonds is 6. The summed E-state index contributed by atoms with van der Waals surface area (Å²) < 4.78 is 71.4. The van der Waals surface area contributed by atoms with Crippen LogP contribution in [0.5, 0.6) is 0 Å². The number of sulfonamides is 1. The van der Waals surface area contributed by atoms with Gasteiger partial charge in [-0.2, -0.15) is 17.5 Å². The van der Waals surface area contributed by atoms with Crippen LogP contribution < -0.4 is 0 Å². The van der Waals surface area contributed by atoms with Crippen molar-refractivity contribution in [2.75, 3.05) is 19.7 Å². The lowest BCUT2D eigenvalue weighted by molar-refractivity contribution is -0.148. The number of halogens is 4. The van der Waals surface area contributed by atoms with Crippen molar-refractivity contribution >= 4 is 33.4 Å². The van der Waals surface area contributed by atoms with E-state index in [0.717, 1.165) is 33.1 Å². The lowest BCUT2D eigenvalue weighted by atomic mass is 9.96. The number of alkyl halides is 3. The molecular weight excluding hydrogens is 507 g/mol. The molecule has 0 atom stereocenters. The lowest BCUT2D eigenvalue weighted by Crippen LogP contribution is -2.40. The van der Waals surface area contributed by atoms with E-state index in [1.165, 1.54) is 0 Å². The van der Waals surface area contributed by atoms with Crippen LogP contribution in [0.15, 0.2) is 35.2 Å². The van der Waals surface area contributed by atoms with Gasteiger partial charge in [0.05, 0.1) is 21.4 Å². The fourth-order valence-corrected chi connectivity index (χ4v) is 6.03. The molecule has 2 aromatic carbocycles. The van der Waals surface area contributed by atoms with Crippen molar-refractivity contribution in [2.24, 2.45) is 5.92 Å². The number of carbonyl (C=O) groups excluding carboxylic acids is 2. The zero-order chi connectivity index (χ0) is 26.1. The van der Waals surface area contributed by atoms with Crippen LogP contribution in [0.1, 0.15) is 45.5 Å². The van der Waals surface area contributed by atoms with E-state index in [9.17, 15) is 31.2 Å². The number of ketones is 1. The molecule has 3 rings (SSSR count). The van der Waals surface area contributed by atoms with Gasteiger partial charge in [0.2, 0.25) is 15.8 Å². The van der Waals surface area contributed by atoms with Crippen molar-refractivity contribution < 1.29 is 35.9 Å². The van der Waals surface area contributed by atoms with E-state index >= 15 is 0 Å². The molecular formula is C24H25ClF3NO5S. The Balaban J connectivity index is 1.61. The van der Waals surface area contributed by atoms with Crippen molar-refractivity contribution in [3.8, 4) is 0 Å². The molecule has 6 nitrogen and oxygen atoms in total. The standard InChI is InChI=1S/C24H25ClF3NO5S/c1-14-10-15(2)22(16(3)11-14)21(30)13-34-23(31)17-6-8-29(9-7-17)35(32,33)18-4-5-20(25)19(12-18)24(26,27)28/h4-5,10-12,17H,6-9,13H2,1-3H3. The molecule has 1 fully saturated rings. The second-order valence-electron chi connectivity index (χ2n) is 8.62. The Bertz CT molecular complexity index is 1230. The average molecular weight is 532 g/mol. The Labute approximate surface area is 207 Å². The molecule has 11 heteroatoms. The molecule has 0 unspecified atom stereocenters. The normalized spacial score (nSPS) is 15.7. The molecule has 0 amide bonds. The lowest BCUT2D eigenvalue weighted by Gasteiger charge is -2.30. The summed E-state index contributed by atoms with van der Waals surface area (Å²) in [6, 6.07) is 6.18. The van der Waals surface area contributed by atoms with E-state index in [1.807, 2.05) is 32.9 Å². The van der Waals surface area contributed by atoms with Gasteiger partial charge in [0.25, 0.3) is 0 Å². The van der Waals surface area contributed by atoms with Gasteiger partial charge in [0.1, 0.15) is 0 Å². The number of benzene rings is 2. The van der Waals surface area contributed by atoms with E-state index in [1.54, 1.807) is 0 Å². The maximum Gasteiger partial charge on any atom is 0.417 e. The van der Waals surface area contributed by atoms with Crippen LogP contribution in [0, 0.1) is 26.7 Å². The van der Waals surface area contributed by atoms with Crippen LogP contribution in [0.25, 0.3) is 0 Å². The summed E-state index contributed by atoms with van der Waals surface area (Å²) >= 11 is 5.58. The number of carbonyl (C=O) groups is 2. The minimum Gasteiger partial charge on any atom is -0.457 e. The number of Topliss-reactive ketones (excluding diaryl/α,β-unsaturated/α-hetero) is 1. The van der Waals surface area contributed by atoms with E-state index in [0.29, 0.717) is 11.6 Å². The number of nitrogens with zero attached hydrogens (tertiary/aromatic N) is 1. The molecule has 0 saturated carbocycles. The predicted molar refractivity (Wildman–Crippen MR) is 124 cm³/mol. The van der Waals surface area contributed by atoms with Gasteiger partial charge in [0.15, 0.2) is 6.61 Å². The smallest absolute Gasteiger partial charge is 0.417 e. The second-order valence-corrected chi connectivity index (χ2v) is 11.0. The third-order valence-corrected chi connectivity index (χ3v) is 8.19. The minimum atomic E-state index is -4.80. The topological polar surface area (TPSA) is 80.8 Å². The highest BCUT2D eigenvalue weighted by Gasteiger charge is 2.37. The number of aryl methyl sites for hydroxylation is 3. The number of hydrogen-bond donors (Lipinski definition) is 0. The molecule has 0 aromatic heterocycles. The van der Waals surface area contributed by atoms with Gasteiger partial charge in [-0.25, -0.2) is 8.42 Å². The summed E-state index contributed by atoms with van der Waals surface area (Å²) in [5.74, 6) is -1.55. The van der Waals surface area contributed by atoms with E-state index in [2.05, 4.69) is 0 Å². The third kappa shape index (κ3) is 6.05. The van der Waals surface area contributed by atoms with Crippen molar-refractivity contribution in [1.82, 2.24) is 4.31 Å². The van der Waals surface area contributed by atoms with Gasteiger partial charge in [0, 0.05) is 18.7 Å². The first-order chi connectivity index (χ1) is 16.2. The van der Waals surface area contributed by atoms with Crippen molar-refractivity contribution in [1.29, 1.82) is 0 Å². The van der Waals surface area contributed by atoms with Crippen molar-refractivity contribution in [3.05, 3.63) is 63.2 Å². The highest BCUT2D eigenvalue weighted by atomic mass is 35.5. The number of ether oxygens (including phenoxy) is 1. The Morgan fingerprint density at radius 3 is 2.17 bits per heavy atom. The van der Waals surface area contributed by atoms with Crippen LogP contribution >= 0.6 is 11.6 Å². The Morgan fingerprint density at radius 2 is 1.63 bits per heavy atom. The Kier molecular flexibility index (Phi) is 7.98. The molecule has 35 heavy (non-hydrogen) atoms. The van der Waals surface area contributed by atoms with Crippen LogP contribution in [0.3, 0.4) is 0 Å². The van der Waals surface area contributed by atoms with E-state index in [4.69, 9.17) is 16.3 Å². The van der Waals surface area contributed by atoms with Crippen molar-refractivity contribution in [3.63, 3.8) is 0 Å². The summed E-state index contributed by atoms with van der Waals surface area (Å²) in [4.78, 5) is 24.6. The third-order valence-electron chi connectivity index (χ3n) is 5.97. The second kappa shape index (κ2) is 10.3. The number of hydrogen-bond acceptors (Lipinski definition) is 5. The highest BCUT2D eigenvalue weighted by molar-refractivity contribution is 7.89. The molecule has 2 aromatic rings. The van der Waals surface area contributed by atoms with E-state index in [-0.39, 0.29) is 31.7 Å². The molecule has 1 aliphatic heterocycles. The first-order valence-corrected chi connectivity index (χ1v) is 12.7. The first-order valence-electron chi connectivity index (χ1n) is 10.9.